The second kappa shape index (κ2) is 8.73. The number of ether oxygens (including phenoxy) is 1. The molecule has 0 unspecified atom stereocenters. The molecule has 9 heteroatoms. The third-order valence-electron chi connectivity index (χ3n) is 4.14. The standard InChI is InChI=1S/C21H18F3N3O3/c1-13-10-14(2-5-19(13)30-16-6-8-25-9-7-16)12-26-20(29)27-17-11-15(21(22,23)24)3-4-18(17)28/h2-11,28H,12H2,1H3,(H2,26,27,29). The van der Waals surface area contributed by atoms with Crippen LogP contribution in [-0.4, -0.2) is 16.1 Å². The van der Waals surface area contributed by atoms with E-state index in [0.717, 1.165) is 23.3 Å². The molecule has 0 saturated heterocycles. The van der Waals surface area contributed by atoms with Crippen LogP contribution in [0.4, 0.5) is 23.7 Å². The van der Waals surface area contributed by atoms with Gasteiger partial charge in [-0.1, -0.05) is 12.1 Å². The van der Waals surface area contributed by atoms with Gasteiger partial charge < -0.3 is 20.5 Å². The van der Waals surface area contributed by atoms with Crippen molar-refractivity contribution in [3.63, 3.8) is 0 Å². The van der Waals surface area contributed by atoms with E-state index in [1.165, 1.54) is 0 Å². The molecule has 3 rings (SSSR count). The normalized spacial score (nSPS) is 11.1. The molecule has 0 aliphatic heterocycles. The number of urea groups is 1. The maximum Gasteiger partial charge on any atom is 0.416 e. The molecule has 2 amide bonds. The summed E-state index contributed by atoms with van der Waals surface area (Å²) >= 11 is 0. The number of anilines is 1. The van der Waals surface area contributed by atoms with E-state index in [2.05, 4.69) is 15.6 Å². The Morgan fingerprint density at radius 3 is 2.50 bits per heavy atom. The second-order valence-electron chi connectivity index (χ2n) is 6.42. The van der Waals surface area contributed by atoms with Gasteiger partial charge in [0.1, 0.15) is 17.2 Å². The van der Waals surface area contributed by atoms with Crippen molar-refractivity contribution in [2.24, 2.45) is 0 Å². The summed E-state index contributed by atoms with van der Waals surface area (Å²) in [7, 11) is 0. The van der Waals surface area contributed by atoms with Gasteiger partial charge in [0.05, 0.1) is 11.3 Å². The first kappa shape index (κ1) is 21.0. The van der Waals surface area contributed by atoms with Crippen LogP contribution in [0.3, 0.4) is 0 Å². The van der Waals surface area contributed by atoms with Crippen molar-refractivity contribution in [3.8, 4) is 17.2 Å². The van der Waals surface area contributed by atoms with Crippen molar-refractivity contribution in [2.75, 3.05) is 5.32 Å². The largest absolute Gasteiger partial charge is 0.506 e. The molecule has 0 spiro atoms. The van der Waals surface area contributed by atoms with E-state index in [1.807, 2.05) is 13.0 Å². The van der Waals surface area contributed by atoms with Gasteiger partial charge in [0, 0.05) is 18.9 Å². The van der Waals surface area contributed by atoms with E-state index < -0.39 is 23.5 Å². The van der Waals surface area contributed by atoms with Crippen LogP contribution in [-0.2, 0) is 12.7 Å². The van der Waals surface area contributed by atoms with Gasteiger partial charge in [-0.05, 0) is 54.4 Å². The second-order valence-corrected chi connectivity index (χ2v) is 6.42. The number of carbonyl (C=O) groups is 1. The minimum atomic E-state index is -4.59. The lowest BCUT2D eigenvalue weighted by Gasteiger charge is -2.13. The highest BCUT2D eigenvalue weighted by Crippen LogP contribution is 2.34. The van der Waals surface area contributed by atoms with Crippen molar-refractivity contribution in [2.45, 2.75) is 19.6 Å². The number of phenols is 1. The Bertz CT molecular complexity index is 1040. The smallest absolute Gasteiger partial charge is 0.416 e. The van der Waals surface area contributed by atoms with Crippen LogP contribution in [0.2, 0.25) is 0 Å². The molecule has 0 aliphatic carbocycles. The molecule has 3 aromatic rings. The molecular weight excluding hydrogens is 399 g/mol. The fraction of sp³-hybridized carbons (Fsp3) is 0.143. The average Bonchev–Trinajstić information content (AvgIpc) is 2.70. The van der Waals surface area contributed by atoms with E-state index in [0.29, 0.717) is 17.6 Å². The summed E-state index contributed by atoms with van der Waals surface area (Å²) in [6.45, 7) is 1.97. The highest BCUT2D eigenvalue weighted by molar-refractivity contribution is 5.91. The number of benzene rings is 2. The van der Waals surface area contributed by atoms with E-state index >= 15 is 0 Å². The highest BCUT2D eigenvalue weighted by Gasteiger charge is 2.31. The molecule has 156 valence electrons. The van der Waals surface area contributed by atoms with Crippen molar-refractivity contribution < 1.29 is 27.8 Å². The zero-order valence-corrected chi connectivity index (χ0v) is 15.8. The Hall–Kier alpha value is -3.75. The maximum atomic E-state index is 12.8. The lowest BCUT2D eigenvalue weighted by molar-refractivity contribution is -0.137. The number of nitrogens with zero attached hydrogens (tertiary/aromatic N) is 1. The van der Waals surface area contributed by atoms with E-state index in [9.17, 15) is 23.1 Å². The molecule has 3 N–H and O–H groups in total. The number of rotatable bonds is 5. The zero-order chi connectivity index (χ0) is 21.7. The number of aromatic hydroxyl groups is 1. The molecule has 30 heavy (non-hydrogen) atoms. The number of nitrogens with one attached hydrogen (secondary N) is 2. The molecular formula is C21H18F3N3O3. The summed E-state index contributed by atoms with van der Waals surface area (Å²) in [6.07, 6.45) is -1.36. The van der Waals surface area contributed by atoms with E-state index in [4.69, 9.17) is 4.74 Å². The number of phenolic OH excluding ortho intramolecular Hbond substituents is 1. The third-order valence-corrected chi connectivity index (χ3v) is 4.14. The summed E-state index contributed by atoms with van der Waals surface area (Å²) in [5.41, 5.74) is 0.288. The Labute approximate surface area is 170 Å². The summed E-state index contributed by atoms with van der Waals surface area (Å²) in [5.74, 6) is 0.814. The average molecular weight is 417 g/mol. The van der Waals surface area contributed by atoms with Crippen molar-refractivity contribution in [3.05, 3.63) is 77.6 Å². The lowest BCUT2D eigenvalue weighted by atomic mass is 10.1. The highest BCUT2D eigenvalue weighted by atomic mass is 19.4. The molecule has 0 bridgehead atoms. The summed E-state index contributed by atoms with van der Waals surface area (Å²) in [5, 5.41) is 14.5. The number of alkyl halides is 3. The van der Waals surface area contributed by atoms with E-state index in [-0.39, 0.29) is 12.2 Å². The SMILES string of the molecule is Cc1cc(CNC(=O)Nc2cc(C(F)(F)F)ccc2O)ccc1Oc1ccncc1. The summed E-state index contributed by atoms with van der Waals surface area (Å²) in [6, 6.07) is 10.3. The lowest BCUT2D eigenvalue weighted by Crippen LogP contribution is -2.28. The number of aryl methyl sites for hydroxylation is 1. The molecule has 1 aromatic heterocycles. The number of amides is 2. The molecule has 0 radical (unpaired) electrons. The number of hydrogen-bond donors (Lipinski definition) is 3. The molecule has 0 aliphatic rings. The van der Waals surface area contributed by atoms with Crippen LogP contribution >= 0.6 is 0 Å². The van der Waals surface area contributed by atoms with Gasteiger partial charge in [-0.2, -0.15) is 13.2 Å². The first-order valence-corrected chi connectivity index (χ1v) is 8.85. The van der Waals surface area contributed by atoms with Crippen LogP contribution in [0.15, 0.2) is 60.9 Å². The number of carbonyl (C=O) groups excluding carboxylic acids is 1. The minimum Gasteiger partial charge on any atom is -0.506 e. The summed E-state index contributed by atoms with van der Waals surface area (Å²) in [4.78, 5) is 16.0. The van der Waals surface area contributed by atoms with Crippen LogP contribution in [0.1, 0.15) is 16.7 Å². The zero-order valence-electron chi connectivity index (χ0n) is 15.8. The molecule has 0 fully saturated rings. The maximum absolute atomic E-state index is 12.8. The van der Waals surface area contributed by atoms with Crippen molar-refractivity contribution in [1.82, 2.24) is 10.3 Å². The number of hydrogen-bond acceptors (Lipinski definition) is 4. The topological polar surface area (TPSA) is 83.5 Å². The number of pyridine rings is 1. The molecule has 1 heterocycles. The van der Waals surface area contributed by atoms with Gasteiger partial charge >= 0.3 is 12.2 Å². The Morgan fingerprint density at radius 1 is 1.10 bits per heavy atom. The Balaban J connectivity index is 1.60. The quantitative estimate of drug-likeness (QED) is 0.497. The molecule has 0 atom stereocenters. The fourth-order valence-electron chi connectivity index (χ4n) is 2.63. The predicted octanol–water partition coefficient (Wildman–Crippen LogP) is 5.23. The molecule has 0 saturated carbocycles. The Kier molecular flexibility index (Phi) is 6.10. The van der Waals surface area contributed by atoms with Gasteiger partial charge in [-0.25, -0.2) is 4.79 Å². The van der Waals surface area contributed by atoms with Gasteiger partial charge in [0.15, 0.2) is 0 Å². The molecule has 6 nitrogen and oxygen atoms in total. The third kappa shape index (κ3) is 5.40. The van der Waals surface area contributed by atoms with Gasteiger partial charge in [0.25, 0.3) is 0 Å². The first-order valence-electron chi connectivity index (χ1n) is 8.85. The fourth-order valence-corrected chi connectivity index (χ4v) is 2.63. The molecule has 2 aromatic carbocycles. The van der Waals surface area contributed by atoms with Crippen LogP contribution < -0.4 is 15.4 Å². The minimum absolute atomic E-state index is 0.127. The van der Waals surface area contributed by atoms with Crippen LogP contribution in [0.25, 0.3) is 0 Å². The predicted molar refractivity (Wildman–Crippen MR) is 104 cm³/mol. The van der Waals surface area contributed by atoms with Crippen molar-refractivity contribution in [1.29, 1.82) is 0 Å². The van der Waals surface area contributed by atoms with Crippen LogP contribution in [0, 0.1) is 6.92 Å². The van der Waals surface area contributed by atoms with Crippen LogP contribution in [0.5, 0.6) is 17.2 Å². The summed E-state index contributed by atoms with van der Waals surface area (Å²) < 4.78 is 44.1. The number of halogens is 3. The Morgan fingerprint density at radius 2 is 1.83 bits per heavy atom. The van der Waals surface area contributed by atoms with Gasteiger partial charge in [-0.3, -0.25) is 4.98 Å². The van der Waals surface area contributed by atoms with Gasteiger partial charge in [0.2, 0.25) is 0 Å². The van der Waals surface area contributed by atoms with E-state index in [1.54, 1.807) is 36.7 Å². The van der Waals surface area contributed by atoms with Gasteiger partial charge in [-0.15, -0.1) is 0 Å². The number of aromatic nitrogens is 1. The monoisotopic (exact) mass is 417 g/mol. The first-order chi connectivity index (χ1) is 14.2. The van der Waals surface area contributed by atoms with Crippen molar-refractivity contribution >= 4 is 11.7 Å².